The highest BCUT2D eigenvalue weighted by atomic mass is 32.2. The van der Waals surface area contributed by atoms with E-state index in [0.29, 0.717) is 16.9 Å². The summed E-state index contributed by atoms with van der Waals surface area (Å²) in [7, 11) is -1.04. The zero-order chi connectivity index (χ0) is 31.1. The minimum absolute atomic E-state index is 0.0247. The molecular weight excluding hydrogens is 574 g/mol. The Morgan fingerprint density at radius 2 is 1.74 bits per heavy atom. The summed E-state index contributed by atoms with van der Waals surface area (Å²) in [6.45, 7) is 3.54. The Labute approximate surface area is 250 Å². The molecule has 4 aromatic rings. The number of nitrogens with zero attached hydrogens (tertiary/aromatic N) is 5. The van der Waals surface area contributed by atoms with Crippen molar-refractivity contribution in [1.29, 1.82) is 0 Å². The molecule has 0 saturated heterocycles. The fourth-order valence-corrected chi connectivity index (χ4v) is 6.28. The summed E-state index contributed by atoms with van der Waals surface area (Å²) in [5.74, 6) is 0.208. The molecule has 43 heavy (non-hydrogen) atoms. The number of nitrogens with two attached hydrogens (primary N) is 1. The first-order valence-corrected chi connectivity index (χ1v) is 15.1. The van der Waals surface area contributed by atoms with Crippen LogP contribution < -0.4 is 20.5 Å². The number of carbonyl (C=O) groups excluding carboxylic acids is 1. The van der Waals surface area contributed by atoms with E-state index in [1.807, 2.05) is 44.2 Å². The molecule has 0 aliphatic heterocycles. The topological polar surface area (TPSA) is 175 Å². The summed E-state index contributed by atoms with van der Waals surface area (Å²) in [4.78, 5) is 25.8. The number of aromatic nitrogens is 4. The van der Waals surface area contributed by atoms with Crippen molar-refractivity contribution in [2.24, 2.45) is 5.92 Å². The molecular formula is C29H37N7O6S. The van der Waals surface area contributed by atoms with Crippen molar-refractivity contribution in [3.8, 4) is 11.6 Å². The second-order valence-corrected chi connectivity index (χ2v) is 12.4. The fourth-order valence-electron chi connectivity index (χ4n) is 4.66. The molecule has 0 bridgehead atoms. The van der Waals surface area contributed by atoms with Gasteiger partial charge in [-0.1, -0.05) is 44.2 Å². The molecule has 1 amide bonds. The lowest BCUT2D eigenvalue weighted by molar-refractivity contribution is -0.123. The summed E-state index contributed by atoms with van der Waals surface area (Å²) in [6.07, 6.45) is 0.447. The molecule has 0 unspecified atom stereocenters. The first-order valence-electron chi connectivity index (χ1n) is 13.7. The van der Waals surface area contributed by atoms with E-state index in [1.165, 1.54) is 41.6 Å². The van der Waals surface area contributed by atoms with E-state index in [-0.39, 0.29) is 48.7 Å². The Balaban J connectivity index is 1.58. The minimum Gasteiger partial charge on any atom is -0.497 e. The van der Waals surface area contributed by atoms with Crippen molar-refractivity contribution in [1.82, 2.24) is 29.1 Å². The third kappa shape index (κ3) is 7.77. The van der Waals surface area contributed by atoms with E-state index in [9.17, 15) is 18.3 Å². The first-order chi connectivity index (χ1) is 20.5. The maximum atomic E-state index is 13.7. The molecule has 0 fully saturated rings. The number of methoxy groups -OCH3 is 2. The van der Waals surface area contributed by atoms with Gasteiger partial charge in [-0.05, 0) is 42.2 Å². The van der Waals surface area contributed by atoms with E-state index >= 15 is 0 Å². The van der Waals surface area contributed by atoms with Gasteiger partial charge in [0.25, 0.3) is 0 Å². The van der Waals surface area contributed by atoms with Gasteiger partial charge in [-0.15, -0.1) is 0 Å². The van der Waals surface area contributed by atoms with Gasteiger partial charge in [0.05, 0.1) is 37.6 Å². The molecule has 0 aliphatic carbocycles. The van der Waals surface area contributed by atoms with Crippen LogP contribution in [0, 0.1) is 5.92 Å². The molecule has 230 valence electrons. The number of benzene rings is 2. The van der Waals surface area contributed by atoms with Gasteiger partial charge in [-0.25, -0.2) is 13.4 Å². The van der Waals surface area contributed by atoms with Crippen LogP contribution in [0.3, 0.4) is 0 Å². The largest absolute Gasteiger partial charge is 0.497 e. The molecule has 0 radical (unpaired) electrons. The van der Waals surface area contributed by atoms with Crippen LogP contribution in [-0.2, 0) is 27.8 Å². The van der Waals surface area contributed by atoms with Crippen molar-refractivity contribution < 1.29 is 27.8 Å². The number of ether oxygens (including phenoxy) is 2. The van der Waals surface area contributed by atoms with Crippen molar-refractivity contribution >= 4 is 33.0 Å². The number of anilines is 1. The van der Waals surface area contributed by atoms with E-state index < -0.39 is 28.1 Å². The number of aliphatic hydroxyl groups is 1. The normalized spacial score (nSPS) is 13.3. The number of aliphatic hydroxyl groups excluding tert-OH is 1. The quantitative estimate of drug-likeness (QED) is 0.191. The van der Waals surface area contributed by atoms with Gasteiger partial charge < -0.3 is 30.2 Å². The molecule has 4 N–H and O–H groups in total. The average Bonchev–Trinajstić information content (AvgIpc) is 3.38. The molecule has 2 aromatic carbocycles. The van der Waals surface area contributed by atoms with E-state index in [2.05, 4.69) is 20.3 Å². The standard InChI is InChI=1S/C29H37N7O6S/c1-19(2)15-36(43(39,40)22-12-10-21(41-3)11-13-22)16-24(37)23(14-20-8-6-5-7-9-20)32-25(38)17-35-18-31-26-27(35)33-29(30)34-28(26)42-4/h5-13,18-19,23-24,37H,14-17H2,1-4H3,(H,32,38)(H2,30,33,34)/t23-,24+/m0/s1. The van der Waals surface area contributed by atoms with E-state index in [4.69, 9.17) is 15.2 Å². The zero-order valence-electron chi connectivity index (χ0n) is 24.5. The smallest absolute Gasteiger partial charge is 0.246 e. The van der Waals surface area contributed by atoms with Crippen LogP contribution in [-0.4, -0.2) is 82.7 Å². The highest BCUT2D eigenvalue weighted by molar-refractivity contribution is 7.89. The van der Waals surface area contributed by atoms with Gasteiger partial charge in [0.15, 0.2) is 11.2 Å². The van der Waals surface area contributed by atoms with E-state index in [0.717, 1.165) is 5.56 Å². The highest BCUT2D eigenvalue weighted by Gasteiger charge is 2.31. The maximum Gasteiger partial charge on any atom is 0.246 e. The van der Waals surface area contributed by atoms with Gasteiger partial charge >= 0.3 is 0 Å². The average molecular weight is 612 g/mol. The number of nitrogen functional groups attached to an aromatic ring is 1. The lowest BCUT2D eigenvalue weighted by Crippen LogP contribution is -2.51. The predicted octanol–water partition coefficient (Wildman–Crippen LogP) is 1.86. The lowest BCUT2D eigenvalue weighted by Gasteiger charge is -2.31. The number of hydrogen-bond donors (Lipinski definition) is 3. The summed E-state index contributed by atoms with van der Waals surface area (Å²) in [5, 5.41) is 14.4. The van der Waals surface area contributed by atoms with Crippen LogP contribution in [0.2, 0.25) is 0 Å². The fraction of sp³-hybridized carbons (Fsp3) is 0.379. The number of fused-ring (bicyclic) bond motifs is 1. The summed E-state index contributed by atoms with van der Waals surface area (Å²) in [6, 6.07) is 14.6. The number of rotatable bonds is 14. The van der Waals surface area contributed by atoms with Crippen LogP contribution in [0.5, 0.6) is 11.6 Å². The molecule has 2 heterocycles. The minimum atomic E-state index is -3.97. The zero-order valence-corrected chi connectivity index (χ0v) is 25.4. The van der Waals surface area contributed by atoms with Crippen molar-refractivity contribution in [2.45, 2.75) is 43.9 Å². The molecule has 0 spiro atoms. The van der Waals surface area contributed by atoms with E-state index in [1.54, 1.807) is 12.1 Å². The molecule has 2 aromatic heterocycles. The Morgan fingerprint density at radius 1 is 1.05 bits per heavy atom. The number of nitrogens with one attached hydrogen (secondary N) is 1. The van der Waals surface area contributed by atoms with Crippen molar-refractivity contribution in [3.05, 3.63) is 66.5 Å². The molecule has 0 saturated carbocycles. The lowest BCUT2D eigenvalue weighted by atomic mass is 10.0. The predicted molar refractivity (Wildman–Crippen MR) is 161 cm³/mol. The van der Waals surface area contributed by atoms with Crippen LogP contribution in [0.15, 0.2) is 65.8 Å². The molecule has 14 heteroatoms. The van der Waals surface area contributed by atoms with Crippen LogP contribution in [0.4, 0.5) is 5.95 Å². The number of hydrogen-bond acceptors (Lipinski definition) is 10. The number of imidazole rings is 1. The monoisotopic (exact) mass is 611 g/mol. The van der Waals surface area contributed by atoms with Crippen molar-refractivity contribution in [2.75, 3.05) is 33.0 Å². The first kappa shape index (κ1) is 31.7. The van der Waals surface area contributed by atoms with Gasteiger partial charge in [0.2, 0.25) is 27.8 Å². The maximum absolute atomic E-state index is 13.7. The van der Waals surface area contributed by atoms with Crippen LogP contribution in [0.1, 0.15) is 19.4 Å². The molecule has 4 rings (SSSR count). The Bertz CT molecular complexity index is 1630. The SMILES string of the molecule is COc1ccc(S(=O)(=O)N(CC(C)C)C[C@@H](O)[C@H](Cc2ccccc2)NC(=O)Cn2cnc3c(OC)nc(N)nc32)cc1. The van der Waals surface area contributed by atoms with Crippen LogP contribution in [0.25, 0.3) is 11.2 Å². The third-order valence-electron chi connectivity index (χ3n) is 6.72. The van der Waals surface area contributed by atoms with Gasteiger partial charge in [-0.2, -0.15) is 14.3 Å². The van der Waals surface area contributed by atoms with Gasteiger partial charge in [0.1, 0.15) is 12.3 Å². The number of amides is 1. The Hall–Kier alpha value is -4.27. The Kier molecular flexibility index (Phi) is 10.2. The number of sulfonamides is 1. The molecule has 13 nitrogen and oxygen atoms in total. The molecule has 2 atom stereocenters. The Morgan fingerprint density at radius 3 is 2.37 bits per heavy atom. The summed E-state index contributed by atoms with van der Waals surface area (Å²) < 4.78 is 40.5. The van der Waals surface area contributed by atoms with Crippen LogP contribution >= 0.6 is 0 Å². The van der Waals surface area contributed by atoms with Gasteiger partial charge in [0, 0.05) is 13.1 Å². The third-order valence-corrected chi connectivity index (χ3v) is 8.57. The van der Waals surface area contributed by atoms with Gasteiger partial charge in [-0.3, -0.25) is 4.79 Å². The number of carbonyl (C=O) groups is 1. The highest BCUT2D eigenvalue weighted by Crippen LogP contribution is 2.23. The summed E-state index contributed by atoms with van der Waals surface area (Å²) in [5.41, 5.74) is 7.32. The van der Waals surface area contributed by atoms with Crippen molar-refractivity contribution in [3.63, 3.8) is 0 Å². The molecule has 0 aliphatic rings. The second-order valence-electron chi connectivity index (χ2n) is 10.5. The second kappa shape index (κ2) is 13.8. The summed E-state index contributed by atoms with van der Waals surface area (Å²) >= 11 is 0.